The summed E-state index contributed by atoms with van der Waals surface area (Å²) in [7, 11) is 0. The first kappa shape index (κ1) is 15.5. The maximum absolute atomic E-state index is 2.45. The Hall–Kier alpha value is -0.560. The Balaban J connectivity index is 2.59. The summed E-state index contributed by atoms with van der Waals surface area (Å²) >= 11 is 0. The average Bonchev–Trinajstić information content (AvgIpc) is 2.28. The van der Waals surface area contributed by atoms with Crippen LogP contribution in [0.5, 0.6) is 0 Å². The highest BCUT2D eigenvalue weighted by molar-refractivity contribution is 5.32. The van der Waals surface area contributed by atoms with Crippen LogP contribution in [0.15, 0.2) is 23.3 Å². The normalized spacial score (nSPS) is 21.6. The molecular formula is C17H32N+. The number of allylic oxidation sites excluding steroid dienone is 3. The van der Waals surface area contributed by atoms with E-state index in [1.807, 2.05) is 0 Å². The number of unbranched alkanes of at least 4 members (excludes halogenated alkanes) is 1. The molecule has 0 saturated carbocycles. The van der Waals surface area contributed by atoms with Crippen LogP contribution in [0, 0.1) is 5.41 Å². The Labute approximate surface area is 114 Å². The van der Waals surface area contributed by atoms with Crippen molar-refractivity contribution in [3.63, 3.8) is 0 Å². The van der Waals surface area contributed by atoms with Crippen molar-refractivity contribution in [2.24, 2.45) is 5.41 Å². The number of rotatable bonds is 6. The molecule has 1 aliphatic carbocycles. The monoisotopic (exact) mass is 250 g/mol. The topological polar surface area (TPSA) is 16.6 Å². The fourth-order valence-corrected chi connectivity index (χ4v) is 2.92. The van der Waals surface area contributed by atoms with Crippen molar-refractivity contribution in [3.05, 3.63) is 23.3 Å². The lowest BCUT2D eigenvalue weighted by atomic mass is 9.72. The van der Waals surface area contributed by atoms with Crippen LogP contribution in [0.2, 0.25) is 0 Å². The molecule has 18 heavy (non-hydrogen) atoms. The van der Waals surface area contributed by atoms with Crippen LogP contribution in [0.1, 0.15) is 66.7 Å². The van der Waals surface area contributed by atoms with Gasteiger partial charge in [0, 0.05) is 0 Å². The third kappa shape index (κ3) is 4.61. The van der Waals surface area contributed by atoms with Crippen LogP contribution in [-0.2, 0) is 0 Å². The van der Waals surface area contributed by atoms with Gasteiger partial charge in [0.05, 0.1) is 6.54 Å². The van der Waals surface area contributed by atoms with E-state index in [9.17, 15) is 0 Å². The highest BCUT2D eigenvalue weighted by atomic mass is 14.9. The van der Waals surface area contributed by atoms with E-state index in [1.165, 1.54) is 38.6 Å². The standard InChI is InChI=1S/C17H31N/c1-6-7-13-18-15(3)10-11-16-14(2)9-8-12-17(16,4)5/h10-11,15,18H,6-9,12-13H2,1-5H3/p+1/b11-10+/t15-/m1/s1. The maximum Gasteiger partial charge on any atom is 0.102 e. The summed E-state index contributed by atoms with van der Waals surface area (Å²) < 4.78 is 0. The molecule has 0 bridgehead atoms. The Morgan fingerprint density at radius 2 is 2.11 bits per heavy atom. The maximum atomic E-state index is 2.45. The third-order valence-electron chi connectivity index (χ3n) is 4.21. The summed E-state index contributed by atoms with van der Waals surface area (Å²) in [6.07, 6.45) is 11.4. The summed E-state index contributed by atoms with van der Waals surface area (Å²) in [6.45, 7) is 12.9. The molecule has 0 aromatic carbocycles. The molecular weight excluding hydrogens is 218 g/mol. The molecule has 1 rings (SSSR count). The molecule has 1 aliphatic rings. The summed E-state index contributed by atoms with van der Waals surface area (Å²) in [5.74, 6) is 0. The van der Waals surface area contributed by atoms with E-state index < -0.39 is 0 Å². The molecule has 2 N–H and O–H groups in total. The lowest BCUT2D eigenvalue weighted by Crippen LogP contribution is -2.88. The molecule has 1 heteroatoms. The van der Waals surface area contributed by atoms with Crippen LogP contribution >= 0.6 is 0 Å². The van der Waals surface area contributed by atoms with Crippen molar-refractivity contribution in [1.82, 2.24) is 0 Å². The fraction of sp³-hybridized carbons (Fsp3) is 0.765. The van der Waals surface area contributed by atoms with Gasteiger partial charge in [-0.05, 0) is 56.6 Å². The first-order chi connectivity index (χ1) is 8.47. The van der Waals surface area contributed by atoms with Crippen LogP contribution in [0.25, 0.3) is 0 Å². The van der Waals surface area contributed by atoms with Crippen molar-refractivity contribution in [1.29, 1.82) is 0 Å². The molecule has 0 unspecified atom stereocenters. The molecule has 0 saturated heterocycles. The van der Waals surface area contributed by atoms with E-state index in [0.29, 0.717) is 11.5 Å². The van der Waals surface area contributed by atoms with E-state index in [-0.39, 0.29) is 0 Å². The molecule has 0 aromatic heterocycles. The minimum absolute atomic E-state index is 0.377. The predicted molar refractivity (Wildman–Crippen MR) is 80.6 cm³/mol. The average molecular weight is 250 g/mol. The largest absolute Gasteiger partial charge is 0.341 e. The van der Waals surface area contributed by atoms with E-state index in [1.54, 1.807) is 11.1 Å². The molecule has 0 amide bonds. The van der Waals surface area contributed by atoms with Crippen molar-refractivity contribution in [2.75, 3.05) is 6.54 Å². The first-order valence-corrected chi connectivity index (χ1v) is 7.69. The molecule has 1 nitrogen and oxygen atoms in total. The highest BCUT2D eigenvalue weighted by Crippen LogP contribution is 2.40. The fourth-order valence-electron chi connectivity index (χ4n) is 2.92. The van der Waals surface area contributed by atoms with Gasteiger partial charge < -0.3 is 5.32 Å². The Bertz CT molecular complexity index is 310. The molecule has 0 aromatic rings. The lowest BCUT2D eigenvalue weighted by molar-refractivity contribution is -0.676. The Morgan fingerprint density at radius 1 is 1.39 bits per heavy atom. The highest BCUT2D eigenvalue weighted by Gasteiger charge is 2.26. The van der Waals surface area contributed by atoms with Gasteiger partial charge in [-0.25, -0.2) is 0 Å². The molecule has 104 valence electrons. The second-order valence-electron chi connectivity index (χ2n) is 6.53. The van der Waals surface area contributed by atoms with E-state index >= 15 is 0 Å². The molecule has 0 radical (unpaired) electrons. The summed E-state index contributed by atoms with van der Waals surface area (Å²) in [5.41, 5.74) is 3.56. The predicted octanol–water partition coefficient (Wildman–Crippen LogP) is 3.82. The lowest BCUT2D eigenvalue weighted by Gasteiger charge is -2.33. The minimum Gasteiger partial charge on any atom is -0.341 e. The summed E-state index contributed by atoms with van der Waals surface area (Å²) in [5, 5.41) is 2.45. The number of nitrogens with two attached hydrogens (primary N) is 1. The SMILES string of the molecule is CCCC[NH2+][C@H](C)/C=C/C1=C(C)CCCC1(C)C. The second kappa shape index (κ2) is 7.13. The number of hydrogen-bond donors (Lipinski definition) is 1. The van der Waals surface area contributed by atoms with Crippen LogP contribution in [-0.4, -0.2) is 12.6 Å². The van der Waals surface area contributed by atoms with Crippen molar-refractivity contribution < 1.29 is 5.32 Å². The minimum atomic E-state index is 0.377. The molecule has 0 fully saturated rings. The van der Waals surface area contributed by atoms with Gasteiger partial charge in [0.25, 0.3) is 0 Å². The van der Waals surface area contributed by atoms with Gasteiger partial charge in [0.1, 0.15) is 6.04 Å². The molecule has 1 atom stereocenters. The molecule has 0 spiro atoms. The summed E-state index contributed by atoms with van der Waals surface area (Å²) in [6, 6.07) is 0.606. The number of hydrogen-bond acceptors (Lipinski definition) is 0. The van der Waals surface area contributed by atoms with Crippen LogP contribution < -0.4 is 5.32 Å². The van der Waals surface area contributed by atoms with Gasteiger partial charge in [0.15, 0.2) is 0 Å². The van der Waals surface area contributed by atoms with Crippen molar-refractivity contribution in [2.45, 2.75) is 72.8 Å². The summed E-state index contributed by atoms with van der Waals surface area (Å²) in [4.78, 5) is 0. The van der Waals surface area contributed by atoms with Gasteiger partial charge in [-0.3, -0.25) is 0 Å². The van der Waals surface area contributed by atoms with E-state index in [0.717, 1.165) is 0 Å². The molecule has 0 heterocycles. The van der Waals surface area contributed by atoms with Crippen LogP contribution in [0.4, 0.5) is 0 Å². The smallest absolute Gasteiger partial charge is 0.102 e. The van der Waals surface area contributed by atoms with Crippen LogP contribution in [0.3, 0.4) is 0 Å². The van der Waals surface area contributed by atoms with Gasteiger partial charge in [-0.15, -0.1) is 0 Å². The van der Waals surface area contributed by atoms with Gasteiger partial charge in [-0.1, -0.05) is 38.8 Å². The number of quaternary nitrogens is 1. The van der Waals surface area contributed by atoms with Gasteiger partial charge in [0.2, 0.25) is 0 Å². The van der Waals surface area contributed by atoms with Gasteiger partial charge >= 0.3 is 0 Å². The Kier molecular flexibility index (Phi) is 6.14. The zero-order valence-electron chi connectivity index (χ0n) is 13.1. The van der Waals surface area contributed by atoms with Crippen molar-refractivity contribution >= 4 is 0 Å². The second-order valence-corrected chi connectivity index (χ2v) is 6.53. The van der Waals surface area contributed by atoms with Crippen molar-refractivity contribution in [3.8, 4) is 0 Å². The zero-order chi connectivity index (χ0) is 13.6. The molecule has 0 aliphatic heterocycles. The quantitative estimate of drug-likeness (QED) is 0.690. The van der Waals surface area contributed by atoms with E-state index in [4.69, 9.17) is 0 Å². The zero-order valence-corrected chi connectivity index (χ0v) is 13.1. The van der Waals surface area contributed by atoms with Gasteiger partial charge in [-0.2, -0.15) is 0 Å². The Morgan fingerprint density at radius 3 is 2.72 bits per heavy atom. The first-order valence-electron chi connectivity index (χ1n) is 7.69. The third-order valence-corrected chi connectivity index (χ3v) is 4.21. The van der Waals surface area contributed by atoms with E-state index in [2.05, 4.69) is 52.1 Å².